The molecule has 0 fully saturated rings. The van der Waals surface area contributed by atoms with Crippen molar-refractivity contribution in [3.8, 4) is 17.2 Å². The molecule has 0 radical (unpaired) electrons. The highest BCUT2D eigenvalue weighted by Gasteiger charge is 2.33. The lowest BCUT2D eigenvalue weighted by atomic mass is 10.0. The zero-order valence-electron chi connectivity index (χ0n) is 17.7. The number of fused-ring (bicyclic) bond motifs is 1. The number of hydrogen-bond acceptors (Lipinski definition) is 4. The molecule has 1 aliphatic heterocycles. The van der Waals surface area contributed by atoms with Gasteiger partial charge in [-0.05, 0) is 24.3 Å². The van der Waals surface area contributed by atoms with E-state index in [1.807, 2.05) is 85.9 Å². The third-order valence-electron chi connectivity index (χ3n) is 5.34. The molecule has 1 amide bonds. The van der Waals surface area contributed by atoms with Gasteiger partial charge in [0.1, 0.15) is 18.9 Å². The minimum absolute atomic E-state index is 0.0888. The van der Waals surface area contributed by atoms with Gasteiger partial charge < -0.3 is 24.4 Å². The van der Waals surface area contributed by atoms with Crippen LogP contribution in [0.1, 0.15) is 11.6 Å². The second kappa shape index (κ2) is 9.53. The predicted molar refractivity (Wildman–Crippen MR) is 119 cm³/mol. The van der Waals surface area contributed by atoms with Crippen LogP contribution in [-0.4, -0.2) is 39.3 Å². The molecular formula is C25H27N2O4+. The molecule has 1 heterocycles. The molecule has 31 heavy (non-hydrogen) atoms. The summed E-state index contributed by atoms with van der Waals surface area (Å²) >= 11 is 0. The van der Waals surface area contributed by atoms with Crippen LogP contribution in [0.3, 0.4) is 0 Å². The number of carbonyl (C=O) groups excluding carboxylic acids is 1. The van der Waals surface area contributed by atoms with Crippen molar-refractivity contribution in [2.75, 3.05) is 32.6 Å². The SMILES string of the molecule is COc1cccc(NC(=O)[C@H](c2ccccc2)[NH+](C)C[C@@H]2COc3ccccc3O2)c1. The van der Waals surface area contributed by atoms with E-state index in [1.54, 1.807) is 7.11 Å². The molecule has 3 aromatic rings. The largest absolute Gasteiger partial charge is 0.497 e. The summed E-state index contributed by atoms with van der Waals surface area (Å²) < 4.78 is 17.2. The Morgan fingerprint density at radius 1 is 1.06 bits per heavy atom. The number of amides is 1. The number of nitrogens with one attached hydrogen (secondary N) is 2. The number of ether oxygens (including phenoxy) is 3. The zero-order valence-corrected chi connectivity index (χ0v) is 17.7. The second-order valence-electron chi connectivity index (χ2n) is 7.61. The van der Waals surface area contributed by atoms with Gasteiger partial charge in [0.25, 0.3) is 5.91 Å². The van der Waals surface area contributed by atoms with E-state index in [4.69, 9.17) is 14.2 Å². The fourth-order valence-electron chi connectivity index (χ4n) is 3.86. The van der Waals surface area contributed by atoms with Crippen LogP contribution >= 0.6 is 0 Å². The van der Waals surface area contributed by atoms with Gasteiger partial charge in [0, 0.05) is 17.3 Å². The highest BCUT2D eigenvalue weighted by molar-refractivity contribution is 5.94. The first kappa shape index (κ1) is 20.8. The Kier molecular flexibility index (Phi) is 6.38. The number of rotatable bonds is 7. The fourth-order valence-corrected chi connectivity index (χ4v) is 3.86. The van der Waals surface area contributed by atoms with E-state index in [0.717, 1.165) is 22.0 Å². The highest BCUT2D eigenvalue weighted by Crippen LogP contribution is 2.30. The van der Waals surface area contributed by atoms with E-state index in [-0.39, 0.29) is 12.0 Å². The van der Waals surface area contributed by atoms with E-state index in [2.05, 4.69) is 5.32 Å². The Hall–Kier alpha value is -3.51. The normalized spacial score (nSPS) is 16.8. The van der Waals surface area contributed by atoms with E-state index >= 15 is 0 Å². The number of para-hydroxylation sites is 2. The summed E-state index contributed by atoms with van der Waals surface area (Å²) in [5, 5.41) is 3.04. The van der Waals surface area contributed by atoms with Crippen molar-refractivity contribution in [1.29, 1.82) is 0 Å². The van der Waals surface area contributed by atoms with Crippen LogP contribution in [0.25, 0.3) is 0 Å². The third-order valence-corrected chi connectivity index (χ3v) is 5.34. The zero-order chi connectivity index (χ0) is 21.6. The third kappa shape index (κ3) is 4.98. The van der Waals surface area contributed by atoms with E-state index < -0.39 is 6.04 Å². The van der Waals surface area contributed by atoms with Crippen LogP contribution in [-0.2, 0) is 4.79 Å². The van der Waals surface area contributed by atoms with Gasteiger partial charge in [-0.3, -0.25) is 4.79 Å². The molecular weight excluding hydrogens is 392 g/mol. The molecule has 0 saturated carbocycles. The van der Waals surface area contributed by atoms with Gasteiger partial charge in [0.15, 0.2) is 23.6 Å². The predicted octanol–water partition coefficient (Wildman–Crippen LogP) is 2.73. The number of carbonyl (C=O) groups is 1. The molecule has 0 aromatic heterocycles. The average molecular weight is 420 g/mol. The summed E-state index contributed by atoms with van der Waals surface area (Å²) in [6.45, 7) is 1.06. The van der Waals surface area contributed by atoms with Crippen LogP contribution < -0.4 is 24.4 Å². The molecule has 0 bridgehead atoms. The Morgan fingerprint density at radius 2 is 1.81 bits per heavy atom. The van der Waals surface area contributed by atoms with Gasteiger partial charge in [-0.1, -0.05) is 48.5 Å². The number of methoxy groups -OCH3 is 1. The van der Waals surface area contributed by atoms with E-state index in [9.17, 15) is 4.79 Å². The van der Waals surface area contributed by atoms with E-state index in [0.29, 0.717) is 24.6 Å². The topological polar surface area (TPSA) is 61.2 Å². The van der Waals surface area contributed by atoms with Gasteiger partial charge in [-0.2, -0.15) is 0 Å². The molecule has 1 unspecified atom stereocenters. The number of quaternary nitrogens is 1. The lowest BCUT2D eigenvalue weighted by molar-refractivity contribution is -0.904. The Bertz CT molecular complexity index is 1020. The molecule has 3 aromatic carbocycles. The van der Waals surface area contributed by atoms with Crippen LogP contribution in [0.5, 0.6) is 17.2 Å². The molecule has 0 aliphatic carbocycles. The molecule has 0 saturated heterocycles. The lowest BCUT2D eigenvalue weighted by Crippen LogP contribution is -3.12. The summed E-state index contributed by atoms with van der Waals surface area (Å²) in [5.41, 5.74) is 1.64. The lowest BCUT2D eigenvalue weighted by Gasteiger charge is -2.31. The van der Waals surface area contributed by atoms with Crippen LogP contribution in [0, 0.1) is 0 Å². The monoisotopic (exact) mass is 419 g/mol. The number of hydrogen-bond donors (Lipinski definition) is 2. The number of likely N-dealkylation sites (N-methyl/N-ethyl adjacent to an activating group) is 1. The summed E-state index contributed by atoms with van der Waals surface area (Å²) in [5.74, 6) is 2.10. The molecule has 160 valence electrons. The number of benzene rings is 3. The minimum atomic E-state index is -0.409. The maximum atomic E-state index is 13.3. The van der Waals surface area contributed by atoms with Crippen LogP contribution in [0.2, 0.25) is 0 Å². The summed E-state index contributed by atoms with van der Waals surface area (Å²) in [4.78, 5) is 14.4. The first-order valence-corrected chi connectivity index (χ1v) is 10.3. The Morgan fingerprint density at radius 3 is 2.58 bits per heavy atom. The highest BCUT2D eigenvalue weighted by atomic mass is 16.6. The van der Waals surface area contributed by atoms with Crippen molar-refractivity contribution in [1.82, 2.24) is 0 Å². The summed E-state index contributed by atoms with van der Waals surface area (Å²) in [7, 11) is 3.61. The van der Waals surface area contributed by atoms with Crippen molar-refractivity contribution < 1.29 is 23.9 Å². The van der Waals surface area contributed by atoms with Crippen molar-refractivity contribution in [3.63, 3.8) is 0 Å². The number of anilines is 1. The van der Waals surface area contributed by atoms with Crippen LogP contribution in [0.15, 0.2) is 78.9 Å². The van der Waals surface area contributed by atoms with Crippen molar-refractivity contribution in [3.05, 3.63) is 84.4 Å². The molecule has 1 aliphatic rings. The van der Waals surface area contributed by atoms with Crippen molar-refractivity contribution >= 4 is 11.6 Å². The molecule has 4 rings (SSSR count). The first-order chi connectivity index (χ1) is 15.1. The maximum Gasteiger partial charge on any atom is 0.287 e. The van der Waals surface area contributed by atoms with Gasteiger partial charge >= 0.3 is 0 Å². The van der Waals surface area contributed by atoms with Crippen molar-refractivity contribution in [2.45, 2.75) is 12.1 Å². The molecule has 6 heteroatoms. The van der Waals surface area contributed by atoms with Gasteiger partial charge in [0.05, 0.1) is 14.2 Å². The standard InChI is InChI=1S/C25H26N2O4/c1-27(16-21-17-30-22-13-6-7-14-23(22)31-21)24(18-9-4-3-5-10-18)25(28)26-19-11-8-12-20(15-19)29-2/h3-15,21,24H,16-17H2,1-2H3,(H,26,28)/p+1/t21-,24+/m1/s1. The van der Waals surface area contributed by atoms with Gasteiger partial charge in [-0.15, -0.1) is 0 Å². The molecule has 6 nitrogen and oxygen atoms in total. The second-order valence-corrected chi connectivity index (χ2v) is 7.61. The summed E-state index contributed by atoms with van der Waals surface area (Å²) in [6, 6.07) is 24.4. The van der Waals surface area contributed by atoms with E-state index in [1.165, 1.54) is 0 Å². The average Bonchev–Trinajstić information content (AvgIpc) is 2.80. The Labute approximate surface area is 182 Å². The minimum Gasteiger partial charge on any atom is -0.497 e. The van der Waals surface area contributed by atoms with Gasteiger partial charge in [0.2, 0.25) is 0 Å². The van der Waals surface area contributed by atoms with Crippen LogP contribution in [0.4, 0.5) is 5.69 Å². The van der Waals surface area contributed by atoms with Crippen molar-refractivity contribution in [2.24, 2.45) is 0 Å². The first-order valence-electron chi connectivity index (χ1n) is 10.3. The quantitative estimate of drug-likeness (QED) is 0.618. The van der Waals surface area contributed by atoms with Gasteiger partial charge in [-0.25, -0.2) is 0 Å². The fraction of sp³-hybridized carbons (Fsp3) is 0.240. The smallest absolute Gasteiger partial charge is 0.287 e. The Balaban J connectivity index is 1.51. The molecule has 3 atom stereocenters. The molecule has 0 spiro atoms. The summed E-state index contributed by atoms with van der Waals surface area (Å²) in [6.07, 6.45) is -0.147. The maximum absolute atomic E-state index is 13.3. The molecule has 2 N–H and O–H groups in total.